The van der Waals surface area contributed by atoms with Gasteiger partial charge in [-0.3, -0.25) is 9.52 Å². The van der Waals surface area contributed by atoms with Crippen LogP contribution in [0.2, 0.25) is 0 Å². The van der Waals surface area contributed by atoms with Gasteiger partial charge >= 0.3 is 0 Å². The summed E-state index contributed by atoms with van der Waals surface area (Å²) in [5.74, 6) is 0.564. The van der Waals surface area contributed by atoms with Crippen molar-refractivity contribution in [2.24, 2.45) is 0 Å². The zero-order valence-corrected chi connectivity index (χ0v) is 13.9. The summed E-state index contributed by atoms with van der Waals surface area (Å²) in [6.07, 6.45) is 4.51. The molecule has 8 heteroatoms. The second-order valence-corrected chi connectivity index (χ2v) is 8.02. The third-order valence-electron chi connectivity index (χ3n) is 4.13. The minimum Gasteiger partial charge on any atom is -0.474 e. The molecule has 1 amide bonds. The maximum atomic E-state index is 11.8. The lowest BCUT2D eigenvalue weighted by Crippen LogP contribution is -2.40. The molecule has 0 unspecified atom stereocenters. The molecule has 0 spiro atoms. The molecule has 1 aromatic heterocycles. The van der Waals surface area contributed by atoms with Gasteiger partial charge in [-0.1, -0.05) is 0 Å². The summed E-state index contributed by atoms with van der Waals surface area (Å²) in [7, 11) is -3.26. The van der Waals surface area contributed by atoms with Crippen LogP contribution in [-0.2, 0) is 14.8 Å². The van der Waals surface area contributed by atoms with E-state index in [2.05, 4.69) is 9.71 Å². The van der Waals surface area contributed by atoms with Crippen LogP contribution >= 0.6 is 0 Å². The minimum atomic E-state index is -3.26. The van der Waals surface area contributed by atoms with Gasteiger partial charge in [0, 0.05) is 38.9 Å². The van der Waals surface area contributed by atoms with Crippen LogP contribution in [0.5, 0.6) is 5.88 Å². The largest absolute Gasteiger partial charge is 0.474 e. The van der Waals surface area contributed by atoms with Crippen LogP contribution in [0.1, 0.15) is 32.6 Å². The molecule has 3 rings (SSSR count). The van der Waals surface area contributed by atoms with Crippen LogP contribution in [0.3, 0.4) is 0 Å². The van der Waals surface area contributed by atoms with Gasteiger partial charge in [0.15, 0.2) is 0 Å². The highest BCUT2D eigenvalue weighted by Gasteiger charge is 2.35. The van der Waals surface area contributed by atoms with Crippen molar-refractivity contribution in [2.45, 2.75) is 44.0 Å². The standard InChI is InChI=1S/C15H21N3O4S/c1-11(19)18-8-6-13(7-9-18)22-15-5-2-12(10-16-15)17-23(20,21)14-3-4-14/h2,5,10,13-14,17H,3-4,6-9H2,1H3. The van der Waals surface area contributed by atoms with Crippen molar-refractivity contribution in [3.05, 3.63) is 18.3 Å². The van der Waals surface area contributed by atoms with Crippen molar-refractivity contribution in [3.63, 3.8) is 0 Å². The van der Waals surface area contributed by atoms with Crippen LogP contribution in [0.4, 0.5) is 5.69 Å². The molecule has 1 saturated heterocycles. The van der Waals surface area contributed by atoms with Crippen molar-refractivity contribution in [3.8, 4) is 5.88 Å². The smallest absolute Gasteiger partial charge is 0.235 e. The van der Waals surface area contributed by atoms with Crippen LogP contribution in [-0.4, -0.2) is 48.7 Å². The Hall–Kier alpha value is -1.83. The SMILES string of the molecule is CC(=O)N1CCC(Oc2ccc(NS(=O)(=O)C3CC3)cn2)CC1. The number of ether oxygens (including phenoxy) is 1. The van der Waals surface area contributed by atoms with E-state index in [0.29, 0.717) is 24.7 Å². The molecule has 23 heavy (non-hydrogen) atoms. The third kappa shape index (κ3) is 4.13. The lowest BCUT2D eigenvalue weighted by Gasteiger charge is -2.31. The van der Waals surface area contributed by atoms with Crippen LogP contribution in [0.15, 0.2) is 18.3 Å². The maximum Gasteiger partial charge on any atom is 0.235 e. The molecule has 1 aliphatic carbocycles. The predicted molar refractivity (Wildman–Crippen MR) is 85.7 cm³/mol. The molecular weight excluding hydrogens is 318 g/mol. The molecule has 7 nitrogen and oxygen atoms in total. The van der Waals surface area contributed by atoms with E-state index in [-0.39, 0.29) is 17.3 Å². The van der Waals surface area contributed by atoms with Crippen LogP contribution in [0.25, 0.3) is 0 Å². The summed E-state index contributed by atoms with van der Waals surface area (Å²) in [5.41, 5.74) is 0.454. The van der Waals surface area contributed by atoms with E-state index in [0.717, 1.165) is 25.7 Å². The number of nitrogens with zero attached hydrogens (tertiary/aromatic N) is 2. The fraction of sp³-hybridized carbons (Fsp3) is 0.600. The summed E-state index contributed by atoms with van der Waals surface area (Å²) in [6.45, 7) is 2.96. The number of nitrogens with one attached hydrogen (secondary N) is 1. The number of rotatable bonds is 5. The Bertz CT molecular complexity index is 662. The molecule has 2 fully saturated rings. The Morgan fingerprint density at radius 3 is 2.48 bits per heavy atom. The summed E-state index contributed by atoms with van der Waals surface area (Å²) in [6, 6.07) is 3.33. The molecule has 0 atom stereocenters. The van der Waals surface area contributed by atoms with Gasteiger partial charge in [0.05, 0.1) is 17.1 Å². The summed E-state index contributed by atoms with van der Waals surface area (Å²) < 4.78 is 32.0. The second kappa shape index (κ2) is 6.35. The highest BCUT2D eigenvalue weighted by atomic mass is 32.2. The first kappa shape index (κ1) is 16.0. The molecule has 0 bridgehead atoms. The lowest BCUT2D eigenvalue weighted by molar-refractivity contribution is -0.130. The summed E-state index contributed by atoms with van der Waals surface area (Å²) >= 11 is 0. The molecule has 1 aromatic rings. The van der Waals surface area contributed by atoms with E-state index in [1.54, 1.807) is 19.1 Å². The number of hydrogen-bond acceptors (Lipinski definition) is 5. The number of carbonyl (C=O) groups is 1. The number of likely N-dealkylation sites (tertiary alicyclic amines) is 1. The number of sulfonamides is 1. The Labute approximate surface area is 136 Å². The van der Waals surface area contributed by atoms with E-state index < -0.39 is 10.0 Å². The Morgan fingerprint density at radius 1 is 1.26 bits per heavy atom. The van der Waals surface area contributed by atoms with Crippen molar-refractivity contribution in [2.75, 3.05) is 17.8 Å². The Kier molecular flexibility index (Phi) is 4.43. The average Bonchev–Trinajstić information content (AvgIpc) is 3.35. The van der Waals surface area contributed by atoms with Crippen molar-refractivity contribution in [1.82, 2.24) is 9.88 Å². The van der Waals surface area contributed by atoms with Gasteiger partial charge in [-0.05, 0) is 18.9 Å². The average molecular weight is 339 g/mol. The van der Waals surface area contributed by atoms with E-state index in [9.17, 15) is 13.2 Å². The Balaban J connectivity index is 1.53. The Morgan fingerprint density at radius 2 is 1.96 bits per heavy atom. The summed E-state index contributed by atoms with van der Waals surface area (Å²) in [5, 5.41) is -0.259. The molecule has 1 N–H and O–H groups in total. The fourth-order valence-electron chi connectivity index (χ4n) is 2.60. The van der Waals surface area contributed by atoms with Gasteiger partial charge in [0.1, 0.15) is 6.10 Å². The normalized spacial score (nSPS) is 19.4. The van der Waals surface area contributed by atoms with Gasteiger partial charge in [-0.2, -0.15) is 0 Å². The number of carbonyl (C=O) groups excluding carboxylic acids is 1. The number of hydrogen-bond donors (Lipinski definition) is 1. The highest BCUT2D eigenvalue weighted by Crippen LogP contribution is 2.29. The predicted octanol–water partition coefficient (Wildman–Crippen LogP) is 1.38. The number of anilines is 1. The maximum absolute atomic E-state index is 11.8. The third-order valence-corrected chi connectivity index (χ3v) is 6.00. The molecule has 0 radical (unpaired) electrons. The fourth-order valence-corrected chi connectivity index (χ4v) is 3.97. The molecule has 2 aliphatic rings. The first-order valence-corrected chi connectivity index (χ1v) is 9.38. The van der Waals surface area contributed by atoms with Crippen molar-refractivity contribution < 1.29 is 17.9 Å². The number of piperidine rings is 1. The van der Waals surface area contributed by atoms with Gasteiger partial charge in [-0.15, -0.1) is 0 Å². The monoisotopic (exact) mass is 339 g/mol. The zero-order chi connectivity index (χ0) is 16.4. The number of aromatic nitrogens is 1. The molecule has 1 saturated carbocycles. The highest BCUT2D eigenvalue weighted by molar-refractivity contribution is 7.93. The zero-order valence-electron chi connectivity index (χ0n) is 13.1. The number of amides is 1. The molecular formula is C15H21N3O4S. The summed E-state index contributed by atoms with van der Waals surface area (Å²) in [4.78, 5) is 17.3. The first-order chi connectivity index (χ1) is 10.9. The van der Waals surface area contributed by atoms with E-state index in [1.807, 2.05) is 4.90 Å². The second-order valence-electron chi connectivity index (χ2n) is 6.05. The minimum absolute atomic E-state index is 0.0344. The van der Waals surface area contributed by atoms with Crippen LogP contribution in [0, 0.1) is 0 Å². The lowest BCUT2D eigenvalue weighted by atomic mass is 10.1. The molecule has 2 heterocycles. The molecule has 0 aromatic carbocycles. The topological polar surface area (TPSA) is 88.6 Å². The van der Waals surface area contributed by atoms with Gasteiger partial charge < -0.3 is 9.64 Å². The van der Waals surface area contributed by atoms with Crippen LogP contribution < -0.4 is 9.46 Å². The van der Waals surface area contributed by atoms with E-state index in [1.165, 1.54) is 6.20 Å². The molecule has 126 valence electrons. The van der Waals surface area contributed by atoms with Gasteiger partial charge in [0.25, 0.3) is 0 Å². The van der Waals surface area contributed by atoms with Crippen molar-refractivity contribution in [1.29, 1.82) is 0 Å². The van der Waals surface area contributed by atoms with E-state index >= 15 is 0 Å². The van der Waals surface area contributed by atoms with Gasteiger partial charge in [-0.25, -0.2) is 13.4 Å². The quantitative estimate of drug-likeness (QED) is 0.875. The molecule has 1 aliphatic heterocycles. The number of pyridine rings is 1. The first-order valence-electron chi connectivity index (χ1n) is 7.84. The van der Waals surface area contributed by atoms with Crippen molar-refractivity contribution >= 4 is 21.6 Å². The van der Waals surface area contributed by atoms with Gasteiger partial charge in [0.2, 0.25) is 21.8 Å². The van der Waals surface area contributed by atoms with E-state index in [4.69, 9.17) is 4.74 Å².